The molecule has 5 rings (SSSR count). The number of carboxylic acids is 1. The van der Waals surface area contributed by atoms with Gasteiger partial charge in [-0.05, 0) is 42.5 Å². The van der Waals surface area contributed by atoms with Crippen molar-refractivity contribution in [1.82, 2.24) is 9.78 Å². The van der Waals surface area contributed by atoms with E-state index in [4.69, 9.17) is 5.14 Å². The molecule has 4 aromatic carbocycles. The number of aromatic carboxylic acids is 1. The number of aromatic nitrogens is 2. The van der Waals surface area contributed by atoms with Crippen LogP contribution in [0.15, 0.2) is 119 Å². The molecule has 0 fully saturated rings. The van der Waals surface area contributed by atoms with Gasteiger partial charge in [0.2, 0.25) is 15.8 Å². The van der Waals surface area contributed by atoms with Crippen molar-refractivity contribution in [2.75, 3.05) is 10.7 Å². The Hall–Kier alpha value is -6.25. The van der Waals surface area contributed by atoms with E-state index in [1.54, 1.807) is 84.9 Å². The van der Waals surface area contributed by atoms with Gasteiger partial charge >= 0.3 is 5.97 Å². The predicted molar refractivity (Wildman–Crippen MR) is 174 cm³/mol. The molecule has 47 heavy (non-hydrogen) atoms. The highest BCUT2D eigenvalue weighted by Gasteiger charge is 2.30. The summed E-state index contributed by atoms with van der Waals surface area (Å²) >= 11 is 0. The highest BCUT2D eigenvalue weighted by molar-refractivity contribution is 7.89. The summed E-state index contributed by atoms with van der Waals surface area (Å²) in [5.41, 5.74) is 3.23. The van der Waals surface area contributed by atoms with Crippen LogP contribution >= 0.6 is 0 Å². The van der Waals surface area contributed by atoms with E-state index in [-0.39, 0.29) is 27.6 Å². The Labute approximate surface area is 268 Å². The molecule has 0 aliphatic heterocycles. The van der Waals surface area contributed by atoms with Crippen molar-refractivity contribution in [3.63, 3.8) is 0 Å². The van der Waals surface area contributed by atoms with Gasteiger partial charge in [-0.3, -0.25) is 19.8 Å². The molecule has 1 aromatic heterocycles. The number of hydrogen-bond acceptors (Lipinski definition) is 9. The van der Waals surface area contributed by atoms with Gasteiger partial charge in [-0.25, -0.2) is 23.0 Å². The number of hydrogen-bond donors (Lipinski definition) is 4. The number of rotatable bonds is 11. The Morgan fingerprint density at radius 3 is 2.06 bits per heavy atom. The maximum Gasteiger partial charge on any atom is 0.340 e. The first kappa shape index (κ1) is 32.2. The molecule has 5 N–H and O–H groups in total. The summed E-state index contributed by atoms with van der Waals surface area (Å²) in [6.45, 7) is 1.22. The van der Waals surface area contributed by atoms with E-state index in [9.17, 15) is 32.7 Å². The molecule has 14 heteroatoms. The summed E-state index contributed by atoms with van der Waals surface area (Å²) < 4.78 is 24.5. The number of benzene rings is 4. The van der Waals surface area contributed by atoms with Crippen LogP contribution in [0, 0.1) is 0 Å². The van der Waals surface area contributed by atoms with Crippen LogP contribution in [0.3, 0.4) is 0 Å². The second-order valence-corrected chi connectivity index (χ2v) is 11.6. The largest absolute Gasteiger partial charge is 0.478 e. The predicted octanol–water partition coefficient (Wildman–Crippen LogP) is 4.38. The zero-order valence-corrected chi connectivity index (χ0v) is 25.4. The Bertz CT molecular complexity index is 2140. The van der Waals surface area contributed by atoms with Gasteiger partial charge in [-0.1, -0.05) is 66.7 Å². The zero-order chi connectivity index (χ0) is 33.7. The van der Waals surface area contributed by atoms with Crippen LogP contribution in [0.25, 0.3) is 16.9 Å². The maximum absolute atomic E-state index is 13.5. The van der Waals surface area contributed by atoms with E-state index < -0.39 is 44.7 Å². The van der Waals surface area contributed by atoms with E-state index >= 15 is 0 Å². The van der Waals surface area contributed by atoms with Crippen LogP contribution in [-0.2, 0) is 14.8 Å². The molecule has 0 radical (unpaired) electrons. The van der Waals surface area contributed by atoms with Gasteiger partial charge < -0.3 is 10.4 Å². The van der Waals surface area contributed by atoms with E-state index in [1.807, 2.05) is 0 Å². The minimum absolute atomic E-state index is 0.0946. The fourth-order valence-corrected chi connectivity index (χ4v) is 5.11. The first-order chi connectivity index (χ1) is 22.4. The fraction of sp³-hybridized carbons (Fsp3) is 0.0303. The number of Topliss-reactive ketones (excluding diaryl/α,β-unsaturated/α-hetero) is 2. The zero-order valence-electron chi connectivity index (χ0n) is 24.6. The smallest absolute Gasteiger partial charge is 0.340 e. The lowest BCUT2D eigenvalue weighted by atomic mass is 10.0. The van der Waals surface area contributed by atoms with E-state index in [2.05, 4.69) is 20.9 Å². The number of carboxylic acid groups (broad SMARTS) is 1. The number of primary sulfonamides is 1. The lowest BCUT2D eigenvalue weighted by molar-refractivity contribution is -0.111. The summed E-state index contributed by atoms with van der Waals surface area (Å²) in [4.78, 5) is 51.2. The number of hydrazone groups is 1. The molecule has 0 saturated carbocycles. The van der Waals surface area contributed by atoms with Crippen LogP contribution in [0.5, 0.6) is 0 Å². The third kappa shape index (κ3) is 7.19. The van der Waals surface area contributed by atoms with Gasteiger partial charge in [0, 0.05) is 23.7 Å². The SMILES string of the molecule is CC(=O)/C(=N\Nc1cccc(-n2nc(C(=O)Nc3ccc(S(N)(=O)=O)cc3)c(C(=O)O)c2-c2ccccc2)c1)C(=O)c1ccccc1. The Morgan fingerprint density at radius 1 is 0.830 bits per heavy atom. The van der Waals surface area contributed by atoms with Crippen molar-refractivity contribution in [3.8, 4) is 16.9 Å². The lowest BCUT2D eigenvalue weighted by Crippen LogP contribution is -2.23. The first-order valence-corrected chi connectivity index (χ1v) is 15.4. The number of nitrogens with zero attached hydrogens (tertiary/aromatic N) is 3. The third-order valence-electron chi connectivity index (χ3n) is 6.77. The molecule has 13 nitrogen and oxygen atoms in total. The van der Waals surface area contributed by atoms with Crippen LogP contribution in [-0.4, -0.2) is 52.5 Å². The number of amides is 1. The van der Waals surface area contributed by atoms with Crippen LogP contribution < -0.4 is 15.9 Å². The van der Waals surface area contributed by atoms with Gasteiger partial charge in [-0.2, -0.15) is 10.2 Å². The van der Waals surface area contributed by atoms with Gasteiger partial charge in [0.1, 0.15) is 5.56 Å². The maximum atomic E-state index is 13.5. The van der Waals surface area contributed by atoms with Gasteiger partial charge in [-0.15, -0.1) is 0 Å². The molecule has 5 aromatic rings. The summed E-state index contributed by atoms with van der Waals surface area (Å²) in [7, 11) is -3.97. The van der Waals surface area contributed by atoms with Crippen molar-refractivity contribution in [2.45, 2.75) is 11.8 Å². The second-order valence-electron chi connectivity index (χ2n) is 10.1. The number of ketones is 2. The van der Waals surface area contributed by atoms with E-state index in [0.717, 1.165) is 0 Å². The number of sulfonamides is 1. The summed E-state index contributed by atoms with van der Waals surface area (Å²) in [5, 5.41) is 26.5. The summed E-state index contributed by atoms with van der Waals surface area (Å²) in [6.07, 6.45) is 0. The van der Waals surface area contributed by atoms with Crippen LogP contribution in [0.2, 0.25) is 0 Å². The first-order valence-electron chi connectivity index (χ1n) is 13.8. The highest BCUT2D eigenvalue weighted by Crippen LogP contribution is 2.31. The van der Waals surface area contributed by atoms with Gasteiger partial charge in [0.05, 0.1) is 22.0 Å². The topological polar surface area (TPSA) is 203 Å². The van der Waals surface area contributed by atoms with E-state index in [0.29, 0.717) is 16.9 Å². The van der Waals surface area contributed by atoms with Crippen LogP contribution in [0.4, 0.5) is 11.4 Å². The summed E-state index contributed by atoms with van der Waals surface area (Å²) in [5.74, 6) is -3.41. The molecule has 1 heterocycles. The van der Waals surface area contributed by atoms with Crippen molar-refractivity contribution in [3.05, 3.63) is 126 Å². The average molecular weight is 651 g/mol. The summed E-state index contributed by atoms with van der Waals surface area (Å²) in [6, 6.07) is 28.1. The minimum Gasteiger partial charge on any atom is -0.478 e. The van der Waals surface area contributed by atoms with Crippen molar-refractivity contribution in [2.24, 2.45) is 10.2 Å². The Kier molecular flexibility index (Phi) is 9.16. The van der Waals surface area contributed by atoms with E-state index in [1.165, 1.54) is 35.9 Å². The molecule has 0 saturated heterocycles. The Balaban J connectivity index is 1.55. The molecule has 0 unspecified atom stereocenters. The fourth-order valence-electron chi connectivity index (χ4n) is 4.59. The quantitative estimate of drug-likeness (QED) is 0.0692. The molecular weight excluding hydrogens is 624 g/mol. The number of nitrogens with one attached hydrogen (secondary N) is 2. The van der Waals surface area contributed by atoms with Crippen LogP contribution in [0.1, 0.15) is 38.1 Å². The molecule has 0 bridgehead atoms. The second kappa shape index (κ2) is 13.4. The van der Waals surface area contributed by atoms with Gasteiger partial charge in [0.25, 0.3) is 5.91 Å². The molecule has 0 aliphatic carbocycles. The van der Waals surface area contributed by atoms with Crippen molar-refractivity contribution >= 4 is 50.6 Å². The molecule has 1 amide bonds. The number of anilines is 2. The van der Waals surface area contributed by atoms with Gasteiger partial charge in [0.15, 0.2) is 17.2 Å². The monoisotopic (exact) mass is 650 g/mol. The molecule has 0 spiro atoms. The average Bonchev–Trinajstić information content (AvgIpc) is 3.47. The molecule has 0 atom stereocenters. The highest BCUT2D eigenvalue weighted by atomic mass is 32.2. The lowest BCUT2D eigenvalue weighted by Gasteiger charge is -2.11. The third-order valence-corrected chi connectivity index (χ3v) is 7.70. The number of carbonyl (C=O) groups is 4. The molecular formula is C33H26N6O7S. The number of carbonyl (C=O) groups excluding carboxylic acids is 3. The van der Waals surface area contributed by atoms with Crippen molar-refractivity contribution in [1.29, 1.82) is 0 Å². The minimum atomic E-state index is -3.97. The normalized spacial score (nSPS) is 11.5. The van der Waals surface area contributed by atoms with Crippen molar-refractivity contribution < 1.29 is 32.7 Å². The number of nitrogens with two attached hydrogens (primary N) is 1. The molecule has 0 aliphatic rings. The standard InChI is InChI=1S/C33H26N6O7S/c1-20(40)28(31(41)22-11-6-3-7-12-22)37-36-24-13-8-14-25(19-24)39-30(21-9-4-2-5-10-21)27(33(43)44)29(38-39)32(42)35-23-15-17-26(18-16-23)47(34,45)46/h2-19,36H,1H3,(H,35,42)(H,43,44)(H2,34,45,46)/b37-28+. The molecule has 236 valence electrons. The Morgan fingerprint density at radius 2 is 1.47 bits per heavy atom.